The highest BCUT2D eigenvalue weighted by molar-refractivity contribution is 5.26. The molecule has 0 aliphatic carbocycles. The molecule has 0 spiro atoms. The van der Waals surface area contributed by atoms with Crippen molar-refractivity contribution in [3.05, 3.63) is 34.9 Å². The average molecular weight is 225 g/mol. The third kappa shape index (κ3) is 2.59. The molecule has 2 rings (SSSR count). The molecule has 88 valence electrons. The van der Waals surface area contributed by atoms with Gasteiger partial charge in [0.1, 0.15) is 0 Å². The van der Waals surface area contributed by atoms with Gasteiger partial charge in [0.05, 0.1) is 0 Å². The van der Waals surface area contributed by atoms with E-state index >= 15 is 0 Å². The van der Waals surface area contributed by atoms with Crippen LogP contribution < -0.4 is 5.32 Å². The Balaban J connectivity index is 2.13. The van der Waals surface area contributed by atoms with Crippen LogP contribution in [-0.4, -0.2) is 12.6 Å². The highest BCUT2D eigenvalue weighted by Gasteiger charge is 2.17. The van der Waals surface area contributed by atoms with Crippen molar-refractivity contribution in [3.63, 3.8) is 0 Å². The van der Waals surface area contributed by atoms with Gasteiger partial charge in [-0.05, 0) is 49.9 Å². The summed E-state index contributed by atoms with van der Waals surface area (Å²) in [6.07, 6.45) is 3.99. The van der Waals surface area contributed by atoms with Gasteiger partial charge in [-0.15, -0.1) is 0 Å². The Hall–Kier alpha value is -0.960. The Morgan fingerprint density at radius 1 is 1.31 bits per heavy atom. The van der Waals surface area contributed by atoms with Crippen molar-refractivity contribution in [1.29, 1.82) is 0 Å². The SMILES string of the molecule is Cc1cc(F)c(F)c(CC2CCCCN2)c1. The molecule has 1 fully saturated rings. The largest absolute Gasteiger partial charge is 0.314 e. The summed E-state index contributed by atoms with van der Waals surface area (Å²) in [6.45, 7) is 2.78. The van der Waals surface area contributed by atoms with E-state index in [0.717, 1.165) is 18.5 Å². The predicted molar refractivity (Wildman–Crippen MR) is 60.4 cm³/mol. The van der Waals surface area contributed by atoms with Crippen LogP contribution in [0.25, 0.3) is 0 Å². The Morgan fingerprint density at radius 3 is 2.81 bits per heavy atom. The van der Waals surface area contributed by atoms with Gasteiger partial charge in [-0.2, -0.15) is 0 Å². The molecule has 1 N–H and O–H groups in total. The fourth-order valence-corrected chi connectivity index (χ4v) is 2.31. The molecule has 3 heteroatoms. The number of nitrogens with one attached hydrogen (secondary N) is 1. The van der Waals surface area contributed by atoms with Crippen molar-refractivity contribution in [2.24, 2.45) is 0 Å². The molecule has 1 aliphatic rings. The Labute approximate surface area is 94.9 Å². The third-order valence-electron chi connectivity index (χ3n) is 3.13. The first-order valence-electron chi connectivity index (χ1n) is 5.84. The standard InChI is InChI=1S/C13H17F2N/c1-9-6-10(13(15)12(14)7-9)8-11-4-2-3-5-16-11/h6-7,11,16H,2-5,8H2,1H3. The molecule has 16 heavy (non-hydrogen) atoms. The summed E-state index contributed by atoms with van der Waals surface area (Å²) >= 11 is 0. The van der Waals surface area contributed by atoms with E-state index in [0.29, 0.717) is 18.0 Å². The Kier molecular flexibility index (Phi) is 3.54. The minimum absolute atomic E-state index is 0.296. The number of rotatable bonds is 2. The molecule has 1 unspecified atom stereocenters. The van der Waals surface area contributed by atoms with Crippen molar-refractivity contribution in [3.8, 4) is 0 Å². The average Bonchev–Trinajstić information content (AvgIpc) is 2.27. The van der Waals surface area contributed by atoms with Crippen LogP contribution in [0.4, 0.5) is 8.78 Å². The second-order valence-corrected chi connectivity index (χ2v) is 4.57. The van der Waals surface area contributed by atoms with Gasteiger partial charge in [0.15, 0.2) is 11.6 Å². The number of hydrogen-bond donors (Lipinski definition) is 1. The van der Waals surface area contributed by atoms with Gasteiger partial charge in [-0.25, -0.2) is 8.78 Å². The zero-order valence-electron chi connectivity index (χ0n) is 9.52. The first-order chi connectivity index (χ1) is 7.66. The van der Waals surface area contributed by atoms with E-state index in [1.807, 2.05) is 0 Å². The van der Waals surface area contributed by atoms with Crippen molar-refractivity contribution < 1.29 is 8.78 Å². The molecule has 0 bridgehead atoms. The lowest BCUT2D eigenvalue weighted by Gasteiger charge is -2.23. The molecule has 1 saturated heterocycles. The van der Waals surface area contributed by atoms with Crippen LogP contribution in [-0.2, 0) is 6.42 Å². The summed E-state index contributed by atoms with van der Waals surface area (Å²) in [6, 6.07) is 3.28. The second kappa shape index (κ2) is 4.91. The van der Waals surface area contributed by atoms with Gasteiger partial charge < -0.3 is 5.32 Å². The number of hydrogen-bond acceptors (Lipinski definition) is 1. The normalized spacial score (nSPS) is 21.1. The number of aryl methyl sites for hydroxylation is 1. The molecule has 1 nitrogen and oxygen atoms in total. The van der Waals surface area contributed by atoms with Crippen molar-refractivity contribution in [1.82, 2.24) is 5.32 Å². The monoisotopic (exact) mass is 225 g/mol. The summed E-state index contributed by atoms with van der Waals surface area (Å²) in [5.41, 5.74) is 1.28. The van der Waals surface area contributed by atoms with E-state index in [1.54, 1.807) is 13.0 Å². The molecule has 0 saturated carbocycles. The minimum atomic E-state index is -0.731. The van der Waals surface area contributed by atoms with E-state index < -0.39 is 11.6 Å². The van der Waals surface area contributed by atoms with E-state index in [1.165, 1.54) is 18.9 Å². The Morgan fingerprint density at radius 2 is 2.12 bits per heavy atom. The lowest BCUT2D eigenvalue weighted by atomic mass is 9.96. The molecular formula is C13H17F2N. The van der Waals surface area contributed by atoms with E-state index in [4.69, 9.17) is 0 Å². The number of halogens is 2. The van der Waals surface area contributed by atoms with Crippen LogP contribution in [0.2, 0.25) is 0 Å². The lowest BCUT2D eigenvalue weighted by molar-refractivity contribution is 0.392. The van der Waals surface area contributed by atoms with Crippen LogP contribution in [0.1, 0.15) is 30.4 Å². The van der Waals surface area contributed by atoms with E-state index in [9.17, 15) is 8.78 Å². The molecule has 1 aromatic carbocycles. The molecule has 1 aliphatic heterocycles. The number of benzene rings is 1. The summed E-state index contributed by atoms with van der Waals surface area (Å²) in [7, 11) is 0. The molecule has 1 heterocycles. The van der Waals surface area contributed by atoms with Gasteiger partial charge in [0, 0.05) is 6.04 Å². The van der Waals surface area contributed by atoms with Crippen LogP contribution in [0.15, 0.2) is 12.1 Å². The van der Waals surface area contributed by atoms with Gasteiger partial charge in [0.25, 0.3) is 0 Å². The maximum atomic E-state index is 13.5. The maximum Gasteiger partial charge on any atom is 0.162 e. The highest BCUT2D eigenvalue weighted by Crippen LogP contribution is 2.19. The zero-order valence-corrected chi connectivity index (χ0v) is 9.52. The molecule has 0 aromatic heterocycles. The van der Waals surface area contributed by atoms with Crippen LogP contribution in [0.3, 0.4) is 0 Å². The smallest absolute Gasteiger partial charge is 0.162 e. The summed E-state index contributed by atoms with van der Waals surface area (Å²) in [4.78, 5) is 0. The lowest BCUT2D eigenvalue weighted by Crippen LogP contribution is -2.35. The van der Waals surface area contributed by atoms with Crippen LogP contribution in [0.5, 0.6) is 0 Å². The van der Waals surface area contributed by atoms with Gasteiger partial charge >= 0.3 is 0 Å². The quantitative estimate of drug-likeness (QED) is 0.816. The van der Waals surface area contributed by atoms with Gasteiger partial charge in [-0.3, -0.25) is 0 Å². The molecule has 0 amide bonds. The summed E-state index contributed by atoms with van der Waals surface area (Å²) in [5, 5.41) is 3.34. The molecule has 1 atom stereocenters. The highest BCUT2D eigenvalue weighted by atomic mass is 19.2. The fourth-order valence-electron chi connectivity index (χ4n) is 2.31. The van der Waals surface area contributed by atoms with Crippen molar-refractivity contribution in [2.75, 3.05) is 6.54 Å². The van der Waals surface area contributed by atoms with Crippen molar-refractivity contribution >= 4 is 0 Å². The van der Waals surface area contributed by atoms with Crippen LogP contribution in [0, 0.1) is 18.6 Å². The predicted octanol–water partition coefficient (Wildman–Crippen LogP) is 2.96. The van der Waals surface area contributed by atoms with Gasteiger partial charge in [-0.1, -0.05) is 12.5 Å². The molecule has 0 radical (unpaired) electrons. The maximum absolute atomic E-state index is 13.5. The summed E-state index contributed by atoms with van der Waals surface area (Å²) in [5.74, 6) is -1.41. The second-order valence-electron chi connectivity index (χ2n) is 4.57. The Bertz CT molecular complexity index is 370. The number of piperidine rings is 1. The third-order valence-corrected chi connectivity index (χ3v) is 3.13. The van der Waals surface area contributed by atoms with Crippen LogP contribution >= 0.6 is 0 Å². The first-order valence-corrected chi connectivity index (χ1v) is 5.84. The zero-order chi connectivity index (χ0) is 11.5. The first kappa shape index (κ1) is 11.5. The van der Waals surface area contributed by atoms with Gasteiger partial charge in [0.2, 0.25) is 0 Å². The van der Waals surface area contributed by atoms with E-state index in [2.05, 4.69) is 5.32 Å². The summed E-state index contributed by atoms with van der Waals surface area (Å²) < 4.78 is 26.7. The topological polar surface area (TPSA) is 12.0 Å². The van der Waals surface area contributed by atoms with E-state index in [-0.39, 0.29) is 0 Å². The fraction of sp³-hybridized carbons (Fsp3) is 0.538. The van der Waals surface area contributed by atoms with Crippen molar-refractivity contribution in [2.45, 2.75) is 38.6 Å². The minimum Gasteiger partial charge on any atom is -0.314 e. The molecule has 1 aromatic rings. The molecular weight excluding hydrogens is 208 g/mol.